The maximum absolute atomic E-state index is 11.4. The highest BCUT2D eigenvalue weighted by molar-refractivity contribution is 6.99. The van der Waals surface area contributed by atoms with E-state index in [1.54, 1.807) is 0 Å². The van der Waals surface area contributed by atoms with E-state index < -0.39 is 14.1 Å². The van der Waals surface area contributed by atoms with Gasteiger partial charge >= 0.3 is 0 Å². The summed E-state index contributed by atoms with van der Waals surface area (Å²) in [4.78, 5) is 11.4. The van der Waals surface area contributed by atoms with Crippen molar-refractivity contribution in [2.45, 2.75) is 88.8 Å². The normalized spacial score (nSPS) is 21.7. The van der Waals surface area contributed by atoms with Crippen molar-refractivity contribution >= 4 is 25.0 Å². The molecule has 2 fully saturated rings. The van der Waals surface area contributed by atoms with Gasteiger partial charge in [-0.05, 0) is 34.7 Å². The fraction of sp³-hybridized carbons (Fsp3) is 0.536. The Kier molecular flexibility index (Phi) is 7.54. The largest absolute Gasteiger partial charge is 0.402 e. The minimum Gasteiger partial charge on any atom is -0.402 e. The van der Waals surface area contributed by atoms with Crippen molar-refractivity contribution < 1.29 is 18.7 Å². The van der Waals surface area contributed by atoms with Crippen LogP contribution >= 0.6 is 0 Å². The Labute approximate surface area is 199 Å². The molecule has 0 aromatic heterocycles. The lowest BCUT2D eigenvalue weighted by molar-refractivity contribution is -0.194. The standard InChI is InChI=1S/C28H38O4Si/c1-27(2,3)33(23-14-7-4-8-15-23,24-16-9-5-10-17-24)32-25(18-13-21-29)26-22-30-28(31-26)19-11-6-12-20-28/h4-5,7-10,14-17,21,25-26H,6,11-13,18-20,22H2,1-3H3/t25-,26+/m0/s1. The van der Waals surface area contributed by atoms with Gasteiger partial charge in [0.2, 0.25) is 0 Å². The molecule has 0 radical (unpaired) electrons. The average Bonchev–Trinajstić information content (AvgIpc) is 3.23. The summed E-state index contributed by atoms with van der Waals surface area (Å²) in [5, 5.41) is 2.36. The van der Waals surface area contributed by atoms with E-state index in [2.05, 4.69) is 81.4 Å². The molecule has 2 atom stereocenters. The van der Waals surface area contributed by atoms with Crippen LogP contribution < -0.4 is 10.4 Å². The second-order valence-electron chi connectivity index (χ2n) is 10.5. The van der Waals surface area contributed by atoms with Crippen LogP contribution in [-0.2, 0) is 18.7 Å². The number of ether oxygens (including phenoxy) is 2. The van der Waals surface area contributed by atoms with Gasteiger partial charge in [0.15, 0.2) is 5.79 Å². The van der Waals surface area contributed by atoms with Crippen molar-refractivity contribution in [1.29, 1.82) is 0 Å². The fourth-order valence-electron chi connectivity index (χ4n) is 5.59. The highest BCUT2D eigenvalue weighted by Gasteiger charge is 2.54. The van der Waals surface area contributed by atoms with Crippen LogP contribution in [0, 0.1) is 0 Å². The third-order valence-corrected chi connectivity index (χ3v) is 12.3. The predicted molar refractivity (Wildman–Crippen MR) is 134 cm³/mol. The summed E-state index contributed by atoms with van der Waals surface area (Å²) in [6.45, 7) is 7.38. The summed E-state index contributed by atoms with van der Waals surface area (Å²) in [7, 11) is -2.74. The van der Waals surface area contributed by atoms with Crippen molar-refractivity contribution in [3.8, 4) is 0 Å². The van der Waals surface area contributed by atoms with Crippen LogP contribution in [0.15, 0.2) is 60.7 Å². The smallest absolute Gasteiger partial charge is 0.261 e. The molecule has 1 aliphatic carbocycles. The van der Waals surface area contributed by atoms with E-state index in [9.17, 15) is 4.79 Å². The third kappa shape index (κ3) is 5.02. The topological polar surface area (TPSA) is 44.8 Å². The molecule has 2 aromatic rings. The van der Waals surface area contributed by atoms with Gasteiger partial charge in [-0.3, -0.25) is 0 Å². The first-order valence-electron chi connectivity index (χ1n) is 12.4. The Morgan fingerprint density at radius 1 is 1.00 bits per heavy atom. The number of hydrogen-bond acceptors (Lipinski definition) is 4. The minimum absolute atomic E-state index is 0.128. The summed E-state index contributed by atoms with van der Waals surface area (Å²) in [5.74, 6) is -0.461. The summed E-state index contributed by atoms with van der Waals surface area (Å²) in [6, 6.07) is 21.3. The zero-order valence-corrected chi connectivity index (χ0v) is 21.3. The number of aldehydes is 1. The summed E-state index contributed by atoms with van der Waals surface area (Å²) >= 11 is 0. The van der Waals surface area contributed by atoms with Crippen molar-refractivity contribution in [2.24, 2.45) is 0 Å². The zero-order chi connectivity index (χ0) is 23.4. The Morgan fingerprint density at radius 3 is 2.09 bits per heavy atom. The number of carbonyl (C=O) groups excluding carboxylic acids is 1. The molecule has 1 heterocycles. The van der Waals surface area contributed by atoms with Gasteiger partial charge in [0.05, 0.1) is 12.7 Å². The van der Waals surface area contributed by atoms with Gasteiger partial charge in [-0.1, -0.05) is 87.9 Å². The maximum Gasteiger partial charge on any atom is 0.261 e. The van der Waals surface area contributed by atoms with Crippen LogP contribution in [0.2, 0.25) is 5.04 Å². The molecule has 1 saturated carbocycles. The van der Waals surface area contributed by atoms with Crippen LogP contribution in [0.25, 0.3) is 0 Å². The molecule has 5 heteroatoms. The van der Waals surface area contributed by atoms with Gasteiger partial charge in [-0.15, -0.1) is 0 Å². The van der Waals surface area contributed by atoms with E-state index in [1.807, 2.05) is 0 Å². The quantitative estimate of drug-likeness (QED) is 0.406. The zero-order valence-electron chi connectivity index (χ0n) is 20.3. The van der Waals surface area contributed by atoms with Gasteiger partial charge < -0.3 is 18.7 Å². The Bertz CT molecular complexity index is 848. The van der Waals surface area contributed by atoms with E-state index in [1.165, 1.54) is 16.8 Å². The van der Waals surface area contributed by atoms with Crippen LogP contribution in [0.4, 0.5) is 0 Å². The molecular formula is C28H38O4Si. The second-order valence-corrected chi connectivity index (χ2v) is 14.8. The number of hydrogen-bond donors (Lipinski definition) is 0. The number of benzene rings is 2. The van der Waals surface area contributed by atoms with Crippen molar-refractivity contribution in [2.75, 3.05) is 6.61 Å². The summed E-state index contributed by atoms with van der Waals surface area (Å²) < 4.78 is 20.3. The van der Waals surface area contributed by atoms with Gasteiger partial charge in [0, 0.05) is 19.3 Å². The van der Waals surface area contributed by atoms with E-state index in [4.69, 9.17) is 13.9 Å². The predicted octanol–water partition coefficient (Wildman–Crippen LogP) is 4.99. The molecule has 1 aliphatic heterocycles. The van der Waals surface area contributed by atoms with Gasteiger partial charge in [0.25, 0.3) is 8.32 Å². The molecular weight excluding hydrogens is 428 g/mol. The molecule has 33 heavy (non-hydrogen) atoms. The van der Waals surface area contributed by atoms with Crippen LogP contribution in [-0.4, -0.2) is 39.2 Å². The molecule has 4 nitrogen and oxygen atoms in total. The molecule has 4 rings (SSSR count). The molecule has 178 valence electrons. The first-order valence-corrected chi connectivity index (χ1v) is 14.4. The van der Waals surface area contributed by atoms with Crippen molar-refractivity contribution in [3.63, 3.8) is 0 Å². The summed E-state index contributed by atoms with van der Waals surface area (Å²) in [5.41, 5.74) is 0. The molecule has 0 unspecified atom stereocenters. The molecule has 1 spiro atoms. The van der Waals surface area contributed by atoms with Gasteiger partial charge in [-0.2, -0.15) is 0 Å². The van der Waals surface area contributed by atoms with E-state index >= 15 is 0 Å². The molecule has 2 aliphatic rings. The average molecular weight is 467 g/mol. The highest BCUT2D eigenvalue weighted by atomic mass is 28.4. The van der Waals surface area contributed by atoms with Crippen LogP contribution in [0.1, 0.15) is 65.7 Å². The lowest BCUT2D eigenvalue weighted by Crippen LogP contribution is -2.68. The Hall–Kier alpha value is -1.79. The maximum atomic E-state index is 11.4. The van der Waals surface area contributed by atoms with E-state index in [0.717, 1.165) is 32.0 Å². The van der Waals surface area contributed by atoms with Crippen LogP contribution in [0.5, 0.6) is 0 Å². The number of carbonyl (C=O) groups is 1. The Balaban J connectivity index is 1.74. The van der Waals surface area contributed by atoms with Gasteiger partial charge in [0.1, 0.15) is 12.4 Å². The fourth-order valence-corrected chi connectivity index (χ4v) is 10.3. The lowest BCUT2D eigenvalue weighted by atomic mass is 9.94. The van der Waals surface area contributed by atoms with Gasteiger partial charge in [-0.25, -0.2) is 0 Å². The minimum atomic E-state index is -2.74. The molecule has 0 N–H and O–H groups in total. The van der Waals surface area contributed by atoms with Crippen molar-refractivity contribution in [1.82, 2.24) is 0 Å². The van der Waals surface area contributed by atoms with E-state index in [0.29, 0.717) is 19.4 Å². The van der Waals surface area contributed by atoms with E-state index in [-0.39, 0.29) is 17.2 Å². The number of rotatable bonds is 8. The molecule has 2 aromatic carbocycles. The monoisotopic (exact) mass is 466 g/mol. The van der Waals surface area contributed by atoms with Crippen molar-refractivity contribution in [3.05, 3.63) is 60.7 Å². The third-order valence-electron chi connectivity index (χ3n) is 7.22. The first-order chi connectivity index (χ1) is 15.9. The lowest BCUT2D eigenvalue weighted by Gasteiger charge is -2.46. The molecule has 1 saturated heterocycles. The second kappa shape index (κ2) is 10.2. The summed E-state index contributed by atoms with van der Waals surface area (Å²) in [6.07, 6.45) is 7.13. The SMILES string of the molecule is CC(C)(C)[Si](O[C@@H](CCC=O)[C@H]1COC2(CCCCC2)O1)(c1ccccc1)c1ccccc1. The molecule has 0 amide bonds. The first kappa shape index (κ1) is 24.3. The van der Waals surface area contributed by atoms with Crippen LogP contribution in [0.3, 0.4) is 0 Å². The highest BCUT2D eigenvalue weighted by Crippen LogP contribution is 2.42. The molecule has 0 bridgehead atoms. The Morgan fingerprint density at radius 2 is 1.58 bits per heavy atom.